The van der Waals surface area contributed by atoms with Crippen LogP contribution in [0, 0.1) is 0 Å². The lowest BCUT2D eigenvalue weighted by molar-refractivity contribution is 0.102. The van der Waals surface area contributed by atoms with E-state index >= 15 is 0 Å². The van der Waals surface area contributed by atoms with Gasteiger partial charge in [0.15, 0.2) is 5.13 Å². The minimum Gasteiger partial charge on any atom is -0.497 e. The number of nitrogens with one attached hydrogen (secondary N) is 1. The number of rotatable bonds is 3. The van der Waals surface area contributed by atoms with E-state index in [0.717, 1.165) is 5.69 Å². The predicted molar refractivity (Wildman–Crippen MR) is 86.2 cm³/mol. The summed E-state index contributed by atoms with van der Waals surface area (Å²) < 4.78 is 5.11. The van der Waals surface area contributed by atoms with E-state index < -0.39 is 0 Å². The lowest BCUT2D eigenvalue weighted by atomic mass is 9.93. The average Bonchev–Trinajstić information content (AvgIpc) is 2.87. The zero-order valence-electron chi connectivity index (χ0n) is 12.6. The Morgan fingerprint density at radius 2 is 2.10 bits per heavy atom. The third-order valence-electron chi connectivity index (χ3n) is 3.00. The summed E-state index contributed by atoms with van der Waals surface area (Å²) in [4.78, 5) is 16.7. The van der Waals surface area contributed by atoms with Crippen molar-refractivity contribution in [1.82, 2.24) is 4.98 Å². The first-order valence-electron chi connectivity index (χ1n) is 6.52. The summed E-state index contributed by atoms with van der Waals surface area (Å²) in [6.45, 7) is 6.23. The van der Waals surface area contributed by atoms with E-state index in [4.69, 9.17) is 10.5 Å². The van der Waals surface area contributed by atoms with Crippen molar-refractivity contribution in [2.45, 2.75) is 26.2 Å². The summed E-state index contributed by atoms with van der Waals surface area (Å²) in [5, 5.41) is 5.29. The van der Waals surface area contributed by atoms with Crippen molar-refractivity contribution in [3.05, 3.63) is 34.8 Å². The van der Waals surface area contributed by atoms with Crippen LogP contribution in [0.2, 0.25) is 0 Å². The maximum atomic E-state index is 12.3. The van der Waals surface area contributed by atoms with Crippen LogP contribution in [0.25, 0.3) is 0 Å². The molecule has 112 valence electrons. The van der Waals surface area contributed by atoms with Crippen molar-refractivity contribution in [2.24, 2.45) is 0 Å². The fourth-order valence-corrected chi connectivity index (χ4v) is 2.63. The second kappa shape index (κ2) is 5.73. The van der Waals surface area contributed by atoms with Gasteiger partial charge in [-0.1, -0.05) is 20.8 Å². The minimum absolute atomic E-state index is 0.0472. The molecule has 21 heavy (non-hydrogen) atoms. The van der Waals surface area contributed by atoms with Crippen molar-refractivity contribution in [3.8, 4) is 5.75 Å². The molecule has 0 saturated carbocycles. The topological polar surface area (TPSA) is 77.2 Å². The first-order chi connectivity index (χ1) is 9.81. The Balaban J connectivity index is 2.20. The van der Waals surface area contributed by atoms with E-state index in [0.29, 0.717) is 22.1 Å². The molecule has 0 aliphatic rings. The number of thiazole rings is 1. The van der Waals surface area contributed by atoms with Crippen LogP contribution in [0.4, 0.5) is 10.8 Å². The molecule has 1 amide bonds. The molecular formula is C15H19N3O2S. The smallest absolute Gasteiger partial charge is 0.259 e. The van der Waals surface area contributed by atoms with Crippen molar-refractivity contribution >= 4 is 28.1 Å². The second-order valence-corrected chi connectivity index (χ2v) is 6.55. The minimum atomic E-state index is -0.291. The maximum absolute atomic E-state index is 12.3. The molecule has 1 heterocycles. The highest BCUT2D eigenvalue weighted by Gasteiger charge is 2.19. The Hall–Kier alpha value is -2.08. The summed E-state index contributed by atoms with van der Waals surface area (Å²) in [5.74, 6) is 0.296. The molecule has 3 N–H and O–H groups in total. The number of methoxy groups -OCH3 is 1. The van der Waals surface area contributed by atoms with Crippen LogP contribution in [-0.2, 0) is 5.41 Å². The van der Waals surface area contributed by atoms with Gasteiger partial charge in [0, 0.05) is 16.5 Å². The highest BCUT2D eigenvalue weighted by atomic mass is 32.1. The van der Waals surface area contributed by atoms with Crippen LogP contribution in [0.1, 0.15) is 36.8 Å². The summed E-state index contributed by atoms with van der Waals surface area (Å²) >= 11 is 1.40. The van der Waals surface area contributed by atoms with Gasteiger partial charge in [-0.05, 0) is 18.2 Å². The van der Waals surface area contributed by atoms with Gasteiger partial charge in [0.1, 0.15) is 5.75 Å². The van der Waals surface area contributed by atoms with Crippen molar-refractivity contribution in [2.75, 3.05) is 18.2 Å². The summed E-state index contributed by atoms with van der Waals surface area (Å²) in [7, 11) is 1.55. The molecule has 6 heteroatoms. The lowest BCUT2D eigenvalue weighted by Crippen LogP contribution is -2.15. The number of nitrogen functional groups attached to an aromatic ring is 1. The highest BCUT2D eigenvalue weighted by molar-refractivity contribution is 7.14. The van der Waals surface area contributed by atoms with Crippen LogP contribution in [0.5, 0.6) is 5.75 Å². The fraction of sp³-hybridized carbons (Fsp3) is 0.333. The van der Waals surface area contributed by atoms with Gasteiger partial charge in [-0.3, -0.25) is 10.1 Å². The summed E-state index contributed by atoms with van der Waals surface area (Å²) in [6, 6.07) is 4.98. The Kier molecular flexibility index (Phi) is 4.18. The lowest BCUT2D eigenvalue weighted by Gasteiger charge is -2.14. The van der Waals surface area contributed by atoms with E-state index in [9.17, 15) is 4.79 Å². The summed E-state index contributed by atoms with van der Waals surface area (Å²) in [5.41, 5.74) is 7.52. The van der Waals surface area contributed by atoms with Gasteiger partial charge in [-0.25, -0.2) is 4.98 Å². The third-order valence-corrected chi connectivity index (χ3v) is 3.76. The SMILES string of the molecule is COc1ccc(N)c(C(=O)Nc2nc(C(C)(C)C)cs2)c1. The summed E-state index contributed by atoms with van der Waals surface area (Å²) in [6.07, 6.45) is 0. The van der Waals surface area contributed by atoms with Crippen LogP contribution >= 0.6 is 11.3 Å². The monoisotopic (exact) mass is 305 g/mol. The molecule has 0 radical (unpaired) electrons. The number of ether oxygens (including phenoxy) is 1. The third kappa shape index (κ3) is 3.52. The van der Waals surface area contributed by atoms with E-state index in [2.05, 4.69) is 31.1 Å². The number of amides is 1. The molecule has 0 unspecified atom stereocenters. The standard InChI is InChI=1S/C15H19N3O2S/c1-15(2,3)12-8-21-14(17-12)18-13(19)10-7-9(20-4)5-6-11(10)16/h5-8H,16H2,1-4H3,(H,17,18,19). The molecule has 5 nitrogen and oxygen atoms in total. The Morgan fingerprint density at radius 3 is 2.67 bits per heavy atom. The Bertz CT molecular complexity index is 659. The van der Waals surface area contributed by atoms with Gasteiger partial charge >= 0.3 is 0 Å². The number of carbonyl (C=O) groups is 1. The molecule has 0 aliphatic carbocycles. The van der Waals surface area contributed by atoms with Crippen LogP contribution in [0.3, 0.4) is 0 Å². The number of hydrogen-bond acceptors (Lipinski definition) is 5. The molecule has 2 rings (SSSR count). The first-order valence-corrected chi connectivity index (χ1v) is 7.40. The van der Waals surface area contributed by atoms with Gasteiger partial charge in [0.2, 0.25) is 0 Å². The number of nitrogens with zero attached hydrogens (tertiary/aromatic N) is 1. The highest BCUT2D eigenvalue weighted by Crippen LogP contribution is 2.27. The zero-order valence-corrected chi connectivity index (χ0v) is 13.4. The van der Waals surface area contributed by atoms with Gasteiger partial charge < -0.3 is 10.5 Å². The van der Waals surface area contributed by atoms with Crippen LogP contribution in [-0.4, -0.2) is 18.0 Å². The molecule has 0 fully saturated rings. The molecule has 1 aromatic heterocycles. The number of hydrogen-bond donors (Lipinski definition) is 2. The number of benzene rings is 1. The molecule has 0 atom stereocenters. The van der Waals surface area contributed by atoms with E-state index in [-0.39, 0.29) is 11.3 Å². The second-order valence-electron chi connectivity index (χ2n) is 5.70. The Morgan fingerprint density at radius 1 is 1.38 bits per heavy atom. The van der Waals surface area contributed by atoms with E-state index in [1.165, 1.54) is 11.3 Å². The van der Waals surface area contributed by atoms with E-state index in [1.807, 2.05) is 5.38 Å². The average molecular weight is 305 g/mol. The van der Waals surface area contributed by atoms with Crippen molar-refractivity contribution in [3.63, 3.8) is 0 Å². The molecule has 0 bridgehead atoms. The normalized spacial score (nSPS) is 11.2. The van der Waals surface area contributed by atoms with Gasteiger partial charge in [0.25, 0.3) is 5.91 Å². The largest absolute Gasteiger partial charge is 0.497 e. The number of carbonyl (C=O) groups excluding carboxylic acids is 1. The zero-order chi connectivity index (χ0) is 15.6. The maximum Gasteiger partial charge on any atom is 0.259 e. The quantitative estimate of drug-likeness (QED) is 0.853. The number of anilines is 2. The molecule has 0 spiro atoms. The van der Waals surface area contributed by atoms with Gasteiger partial charge in [-0.15, -0.1) is 11.3 Å². The number of nitrogens with two attached hydrogens (primary N) is 1. The van der Waals surface area contributed by atoms with Gasteiger partial charge in [0.05, 0.1) is 18.4 Å². The molecule has 0 saturated heterocycles. The molecule has 1 aromatic carbocycles. The van der Waals surface area contributed by atoms with E-state index in [1.54, 1.807) is 25.3 Å². The van der Waals surface area contributed by atoms with Crippen LogP contribution < -0.4 is 15.8 Å². The number of aromatic nitrogens is 1. The van der Waals surface area contributed by atoms with Crippen molar-refractivity contribution in [1.29, 1.82) is 0 Å². The van der Waals surface area contributed by atoms with Crippen molar-refractivity contribution < 1.29 is 9.53 Å². The van der Waals surface area contributed by atoms with Crippen LogP contribution in [0.15, 0.2) is 23.6 Å². The molecule has 0 aliphatic heterocycles. The predicted octanol–water partition coefficient (Wildman–Crippen LogP) is 3.28. The molecule has 2 aromatic rings. The first kappa shape index (κ1) is 15.3. The van der Waals surface area contributed by atoms with Gasteiger partial charge in [-0.2, -0.15) is 0 Å². The fourth-order valence-electron chi connectivity index (χ4n) is 1.70. The Labute approximate surface area is 128 Å². The molecular weight excluding hydrogens is 286 g/mol.